The number of carbonyl (C=O) groups excluding carboxylic acids is 1. The molecule has 1 heterocycles. The van der Waals surface area contributed by atoms with Crippen LogP contribution >= 0.6 is 27.7 Å². The first-order valence-corrected chi connectivity index (χ1v) is 9.99. The quantitative estimate of drug-likeness (QED) is 0.356. The summed E-state index contributed by atoms with van der Waals surface area (Å²) in [5.74, 6) is 0.759. The Morgan fingerprint density at radius 3 is 2.70 bits per heavy atom. The molecule has 1 N–H and O–H groups in total. The van der Waals surface area contributed by atoms with Crippen LogP contribution in [0.3, 0.4) is 0 Å². The van der Waals surface area contributed by atoms with E-state index in [4.69, 9.17) is 0 Å². The van der Waals surface area contributed by atoms with Gasteiger partial charge in [-0.25, -0.2) is 5.43 Å². The number of amides is 1. The Morgan fingerprint density at radius 2 is 1.96 bits per heavy atom. The molecule has 3 rings (SSSR count). The average molecular weight is 444 g/mol. The van der Waals surface area contributed by atoms with Crippen molar-refractivity contribution >= 4 is 39.3 Å². The lowest BCUT2D eigenvalue weighted by molar-refractivity contribution is -0.118. The second-order valence-electron chi connectivity index (χ2n) is 5.76. The first kappa shape index (κ1) is 19.3. The van der Waals surface area contributed by atoms with Crippen LogP contribution in [-0.4, -0.2) is 32.1 Å². The largest absolute Gasteiger partial charge is 0.305 e. The van der Waals surface area contributed by atoms with E-state index in [0.717, 1.165) is 27.1 Å². The van der Waals surface area contributed by atoms with Gasteiger partial charge in [0.2, 0.25) is 0 Å². The van der Waals surface area contributed by atoms with Gasteiger partial charge in [0, 0.05) is 17.1 Å². The summed E-state index contributed by atoms with van der Waals surface area (Å²) < 4.78 is 2.85. The molecule has 1 aromatic heterocycles. The molecule has 0 saturated carbocycles. The van der Waals surface area contributed by atoms with Crippen LogP contribution < -0.4 is 5.43 Å². The highest BCUT2D eigenvalue weighted by molar-refractivity contribution is 9.10. The van der Waals surface area contributed by atoms with Crippen molar-refractivity contribution in [3.05, 3.63) is 64.6 Å². The highest BCUT2D eigenvalue weighted by Crippen LogP contribution is 2.24. The molecule has 0 radical (unpaired) electrons. The number of thioether (sulfide) groups is 1. The molecule has 3 aromatic rings. The Bertz CT molecular complexity index is 971. The fourth-order valence-electron chi connectivity index (χ4n) is 2.37. The highest BCUT2D eigenvalue weighted by atomic mass is 79.9. The third-order valence-electron chi connectivity index (χ3n) is 3.79. The van der Waals surface area contributed by atoms with Crippen molar-refractivity contribution in [2.75, 3.05) is 5.75 Å². The standard InChI is InChI=1S/C19H18BrN5OS/c1-13(14-7-4-3-5-8-14)21-22-17(26)12-27-19-24-23-18(25(19)2)15-9-6-10-16(20)11-15/h3-11H,12H2,1-2H3,(H,22,26). The molecule has 0 aliphatic carbocycles. The predicted molar refractivity (Wildman–Crippen MR) is 112 cm³/mol. The maximum atomic E-state index is 12.1. The Kier molecular flexibility index (Phi) is 6.41. The maximum Gasteiger partial charge on any atom is 0.250 e. The molecule has 0 spiro atoms. The smallest absolute Gasteiger partial charge is 0.250 e. The number of nitrogens with zero attached hydrogens (tertiary/aromatic N) is 4. The minimum Gasteiger partial charge on any atom is -0.305 e. The van der Waals surface area contributed by atoms with Crippen LogP contribution in [0.15, 0.2) is 69.3 Å². The lowest BCUT2D eigenvalue weighted by atomic mass is 10.1. The summed E-state index contributed by atoms with van der Waals surface area (Å²) in [6, 6.07) is 17.6. The summed E-state index contributed by atoms with van der Waals surface area (Å²) in [5, 5.41) is 13.2. The van der Waals surface area contributed by atoms with E-state index in [1.54, 1.807) is 0 Å². The third kappa shape index (κ3) is 5.05. The van der Waals surface area contributed by atoms with Crippen LogP contribution in [0, 0.1) is 0 Å². The van der Waals surface area contributed by atoms with E-state index in [-0.39, 0.29) is 11.7 Å². The molecule has 0 unspecified atom stereocenters. The normalized spacial score (nSPS) is 11.4. The number of hydrogen-bond acceptors (Lipinski definition) is 5. The van der Waals surface area contributed by atoms with Gasteiger partial charge in [-0.2, -0.15) is 5.10 Å². The van der Waals surface area contributed by atoms with Crippen molar-refractivity contribution in [2.24, 2.45) is 12.1 Å². The summed E-state index contributed by atoms with van der Waals surface area (Å²) in [7, 11) is 1.88. The zero-order chi connectivity index (χ0) is 19.2. The van der Waals surface area contributed by atoms with Gasteiger partial charge in [0.05, 0.1) is 11.5 Å². The van der Waals surface area contributed by atoms with Crippen LogP contribution in [0.2, 0.25) is 0 Å². The first-order valence-electron chi connectivity index (χ1n) is 8.21. The fourth-order valence-corrected chi connectivity index (χ4v) is 3.47. The molecule has 0 aliphatic rings. The second kappa shape index (κ2) is 8.96. The minimum absolute atomic E-state index is 0.192. The Labute approximate surface area is 170 Å². The molecule has 138 valence electrons. The summed E-state index contributed by atoms with van der Waals surface area (Å²) in [6.45, 7) is 1.86. The molecule has 0 bridgehead atoms. The molecular weight excluding hydrogens is 426 g/mol. The summed E-state index contributed by atoms with van der Waals surface area (Å²) >= 11 is 4.78. The van der Waals surface area contributed by atoms with E-state index in [9.17, 15) is 4.79 Å². The van der Waals surface area contributed by atoms with Gasteiger partial charge in [-0.15, -0.1) is 10.2 Å². The van der Waals surface area contributed by atoms with Gasteiger partial charge in [0.1, 0.15) is 0 Å². The van der Waals surface area contributed by atoms with Crippen LogP contribution in [0.25, 0.3) is 11.4 Å². The predicted octanol–water partition coefficient (Wildman–Crippen LogP) is 3.88. The van der Waals surface area contributed by atoms with E-state index in [2.05, 4.69) is 36.7 Å². The van der Waals surface area contributed by atoms with E-state index in [1.807, 2.05) is 73.1 Å². The molecular formula is C19H18BrN5OS. The van der Waals surface area contributed by atoms with Crippen LogP contribution in [0.1, 0.15) is 12.5 Å². The molecule has 8 heteroatoms. The molecule has 1 amide bonds. The SMILES string of the molecule is CC(=NNC(=O)CSc1nnc(-c2cccc(Br)c2)n1C)c1ccccc1. The number of rotatable bonds is 6. The molecule has 0 aliphatic heterocycles. The number of nitrogens with one attached hydrogen (secondary N) is 1. The molecule has 27 heavy (non-hydrogen) atoms. The van der Waals surface area contributed by atoms with Crippen molar-refractivity contribution < 1.29 is 4.79 Å². The summed E-state index contributed by atoms with van der Waals surface area (Å²) in [6.07, 6.45) is 0. The number of hydrazone groups is 1. The Balaban J connectivity index is 1.60. The Morgan fingerprint density at radius 1 is 1.19 bits per heavy atom. The summed E-state index contributed by atoms with van der Waals surface area (Å²) in [4.78, 5) is 12.1. The third-order valence-corrected chi connectivity index (χ3v) is 5.30. The highest BCUT2D eigenvalue weighted by Gasteiger charge is 2.13. The lowest BCUT2D eigenvalue weighted by Gasteiger charge is -2.05. The van der Waals surface area contributed by atoms with Crippen LogP contribution in [-0.2, 0) is 11.8 Å². The van der Waals surface area contributed by atoms with Gasteiger partial charge in [-0.1, -0.05) is 70.2 Å². The van der Waals surface area contributed by atoms with Crippen molar-refractivity contribution in [1.29, 1.82) is 0 Å². The number of carbonyl (C=O) groups is 1. The minimum atomic E-state index is -0.192. The van der Waals surface area contributed by atoms with Gasteiger partial charge in [0.15, 0.2) is 11.0 Å². The van der Waals surface area contributed by atoms with Crippen molar-refractivity contribution in [3.63, 3.8) is 0 Å². The average Bonchev–Trinajstić information content (AvgIpc) is 3.05. The van der Waals surface area contributed by atoms with E-state index in [1.165, 1.54) is 11.8 Å². The van der Waals surface area contributed by atoms with Gasteiger partial charge in [-0.3, -0.25) is 4.79 Å². The van der Waals surface area contributed by atoms with Crippen LogP contribution in [0.5, 0.6) is 0 Å². The lowest BCUT2D eigenvalue weighted by Crippen LogP contribution is -2.21. The Hall–Kier alpha value is -2.45. The summed E-state index contributed by atoms with van der Waals surface area (Å²) in [5.41, 5.74) is 5.26. The van der Waals surface area contributed by atoms with E-state index < -0.39 is 0 Å². The molecule has 0 atom stereocenters. The van der Waals surface area contributed by atoms with Gasteiger partial charge >= 0.3 is 0 Å². The zero-order valence-electron chi connectivity index (χ0n) is 14.9. The van der Waals surface area contributed by atoms with Crippen LogP contribution in [0.4, 0.5) is 0 Å². The van der Waals surface area contributed by atoms with E-state index in [0.29, 0.717) is 5.16 Å². The van der Waals surface area contributed by atoms with Crippen molar-refractivity contribution in [1.82, 2.24) is 20.2 Å². The number of benzene rings is 2. The van der Waals surface area contributed by atoms with Gasteiger partial charge in [-0.05, 0) is 24.6 Å². The fraction of sp³-hybridized carbons (Fsp3) is 0.158. The first-order chi connectivity index (χ1) is 13.0. The zero-order valence-corrected chi connectivity index (χ0v) is 17.3. The topological polar surface area (TPSA) is 72.2 Å². The maximum absolute atomic E-state index is 12.1. The number of hydrogen-bond donors (Lipinski definition) is 1. The number of halogens is 1. The molecule has 0 fully saturated rings. The van der Waals surface area contributed by atoms with Gasteiger partial charge in [0.25, 0.3) is 5.91 Å². The molecule has 0 saturated heterocycles. The second-order valence-corrected chi connectivity index (χ2v) is 7.62. The van der Waals surface area contributed by atoms with Crippen molar-refractivity contribution in [2.45, 2.75) is 12.1 Å². The van der Waals surface area contributed by atoms with Gasteiger partial charge < -0.3 is 4.57 Å². The monoisotopic (exact) mass is 443 g/mol. The van der Waals surface area contributed by atoms with E-state index >= 15 is 0 Å². The molecule has 6 nitrogen and oxygen atoms in total. The number of aromatic nitrogens is 3. The molecule has 2 aromatic carbocycles. The van der Waals surface area contributed by atoms with Crippen molar-refractivity contribution in [3.8, 4) is 11.4 Å².